The van der Waals surface area contributed by atoms with E-state index < -0.39 is 0 Å². The standard InChI is InChI=1S/C15H16N2O2/c1-11-14(10-17(2)16-11)15(18)9-6-12-4-7-13(19-3)8-5-12/h4-10H,1-3H3. The lowest BCUT2D eigenvalue weighted by atomic mass is 10.1. The van der Waals surface area contributed by atoms with Crippen molar-refractivity contribution in [1.29, 1.82) is 0 Å². The van der Waals surface area contributed by atoms with Gasteiger partial charge in [0.1, 0.15) is 5.75 Å². The lowest BCUT2D eigenvalue weighted by Gasteiger charge is -1.98. The van der Waals surface area contributed by atoms with Gasteiger partial charge in [-0.2, -0.15) is 5.10 Å². The molecule has 0 atom stereocenters. The molecule has 0 unspecified atom stereocenters. The topological polar surface area (TPSA) is 44.1 Å². The summed E-state index contributed by atoms with van der Waals surface area (Å²) in [6, 6.07) is 7.52. The van der Waals surface area contributed by atoms with Crippen LogP contribution >= 0.6 is 0 Å². The fourth-order valence-corrected chi connectivity index (χ4v) is 1.82. The Morgan fingerprint density at radius 1 is 1.32 bits per heavy atom. The van der Waals surface area contributed by atoms with E-state index in [1.165, 1.54) is 0 Å². The van der Waals surface area contributed by atoms with Crippen LogP contribution in [0.15, 0.2) is 36.5 Å². The summed E-state index contributed by atoms with van der Waals surface area (Å²) in [7, 11) is 3.43. The van der Waals surface area contributed by atoms with Crippen molar-refractivity contribution in [3.63, 3.8) is 0 Å². The number of methoxy groups -OCH3 is 1. The van der Waals surface area contributed by atoms with Crippen molar-refractivity contribution in [3.8, 4) is 5.75 Å². The summed E-state index contributed by atoms with van der Waals surface area (Å²) < 4.78 is 6.72. The first-order chi connectivity index (χ1) is 9.10. The molecule has 4 nitrogen and oxygen atoms in total. The van der Waals surface area contributed by atoms with Gasteiger partial charge in [0.05, 0.1) is 18.4 Å². The van der Waals surface area contributed by atoms with E-state index in [2.05, 4.69) is 5.10 Å². The summed E-state index contributed by atoms with van der Waals surface area (Å²) in [5.74, 6) is 0.757. The van der Waals surface area contributed by atoms with Gasteiger partial charge in [-0.25, -0.2) is 0 Å². The van der Waals surface area contributed by atoms with E-state index in [0.717, 1.165) is 17.0 Å². The van der Waals surface area contributed by atoms with E-state index in [1.807, 2.05) is 31.2 Å². The summed E-state index contributed by atoms with van der Waals surface area (Å²) in [6.07, 6.45) is 5.08. The minimum atomic E-state index is -0.0404. The van der Waals surface area contributed by atoms with Crippen LogP contribution in [-0.4, -0.2) is 22.7 Å². The molecule has 0 N–H and O–H groups in total. The SMILES string of the molecule is COc1ccc(C=CC(=O)c2cn(C)nc2C)cc1. The molecule has 4 heteroatoms. The van der Waals surface area contributed by atoms with Crippen LogP contribution < -0.4 is 4.74 Å². The maximum absolute atomic E-state index is 12.0. The molecule has 0 aliphatic heterocycles. The molecule has 1 aromatic heterocycles. The Kier molecular flexibility index (Phi) is 3.80. The molecule has 0 amide bonds. The van der Waals surface area contributed by atoms with Crippen molar-refractivity contribution in [3.05, 3.63) is 53.4 Å². The second-order valence-corrected chi connectivity index (χ2v) is 4.27. The van der Waals surface area contributed by atoms with Gasteiger partial charge in [0.15, 0.2) is 5.78 Å². The van der Waals surface area contributed by atoms with Gasteiger partial charge in [-0.15, -0.1) is 0 Å². The van der Waals surface area contributed by atoms with Crippen molar-refractivity contribution < 1.29 is 9.53 Å². The van der Waals surface area contributed by atoms with Gasteiger partial charge in [0.2, 0.25) is 0 Å². The fourth-order valence-electron chi connectivity index (χ4n) is 1.82. The van der Waals surface area contributed by atoms with E-state index >= 15 is 0 Å². The van der Waals surface area contributed by atoms with Crippen molar-refractivity contribution in [1.82, 2.24) is 9.78 Å². The molecule has 0 aliphatic rings. The molecular weight excluding hydrogens is 240 g/mol. The van der Waals surface area contributed by atoms with Crippen molar-refractivity contribution in [2.45, 2.75) is 6.92 Å². The van der Waals surface area contributed by atoms with Gasteiger partial charge in [0, 0.05) is 13.2 Å². The Bertz CT molecular complexity index is 610. The van der Waals surface area contributed by atoms with Gasteiger partial charge in [-0.05, 0) is 30.7 Å². The minimum absolute atomic E-state index is 0.0404. The maximum Gasteiger partial charge on any atom is 0.189 e. The number of allylic oxidation sites excluding steroid dienone is 1. The molecule has 0 aliphatic carbocycles. The summed E-state index contributed by atoms with van der Waals surface area (Å²) in [4.78, 5) is 12.0. The van der Waals surface area contributed by atoms with Crippen LogP contribution in [0.1, 0.15) is 21.6 Å². The minimum Gasteiger partial charge on any atom is -0.497 e. The molecule has 0 radical (unpaired) electrons. The van der Waals surface area contributed by atoms with Crippen LogP contribution in [0.3, 0.4) is 0 Å². The number of ketones is 1. The quantitative estimate of drug-likeness (QED) is 0.624. The summed E-state index contributed by atoms with van der Waals surface area (Å²) in [6.45, 7) is 1.83. The van der Waals surface area contributed by atoms with Gasteiger partial charge < -0.3 is 4.74 Å². The largest absolute Gasteiger partial charge is 0.497 e. The first-order valence-corrected chi connectivity index (χ1v) is 5.97. The molecule has 0 spiro atoms. The number of hydrogen-bond acceptors (Lipinski definition) is 3. The Morgan fingerprint density at radius 3 is 2.53 bits per heavy atom. The second kappa shape index (κ2) is 5.52. The van der Waals surface area contributed by atoms with E-state index in [1.54, 1.807) is 37.2 Å². The average molecular weight is 256 g/mol. The maximum atomic E-state index is 12.0. The molecule has 0 saturated carbocycles. The van der Waals surface area contributed by atoms with E-state index in [0.29, 0.717) is 5.56 Å². The highest BCUT2D eigenvalue weighted by Crippen LogP contribution is 2.13. The predicted octanol–water partition coefficient (Wildman–Crippen LogP) is 2.63. The smallest absolute Gasteiger partial charge is 0.189 e. The number of rotatable bonds is 4. The van der Waals surface area contributed by atoms with Gasteiger partial charge in [-0.3, -0.25) is 9.48 Å². The number of carbonyl (C=O) groups is 1. The molecule has 0 fully saturated rings. The van der Waals surface area contributed by atoms with Crippen LogP contribution in [0.2, 0.25) is 0 Å². The van der Waals surface area contributed by atoms with Crippen LogP contribution in [0.4, 0.5) is 0 Å². The monoisotopic (exact) mass is 256 g/mol. The molecule has 1 heterocycles. The zero-order valence-corrected chi connectivity index (χ0v) is 11.3. The number of ether oxygens (including phenoxy) is 1. The molecule has 19 heavy (non-hydrogen) atoms. The number of aromatic nitrogens is 2. The molecule has 0 bridgehead atoms. The lowest BCUT2D eigenvalue weighted by Crippen LogP contribution is -1.94. The first-order valence-electron chi connectivity index (χ1n) is 5.97. The Hall–Kier alpha value is -2.36. The van der Waals surface area contributed by atoms with Gasteiger partial charge in [-0.1, -0.05) is 18.2 Å². The lowest BCUT2D eigenvalue weighted by molar-refractivity contribution is 0.104. The third-order valence-corrected chi connectivity index (χ3v) is 2.82. The second-order valence-electron chi connectivity index (χ2n) is 4.27. The Balaban J connectivity index is 2.13. The molecule has 2 rings (SSSR count). The van der Waals surface area contributed by atoms with Crippen LogP contribution in [0.25, 0.3) is 6.08 Å². The molecular formula is C15H16N2O2. The number of carbonyl (C=O) groups excluding carboxylic acids is 1. The summed E-state index contributed by atoms with van der Waals surface area (Å²) in [5.41, 5.74) is 2.33. The van der Waals surface area contributed by atoms with E-state index in [-0.39, 0.29) is 5.78 Å². The molecule has 1 aromatic carbocycles. The fraction of sp³-hybridized carbons (Fsp3) is 0.200. The van der Waals surface area contributed by atoms with Crippen LogP contribution in [0.5, 0.6) is 5.75 Å². The van der Waals surface area contributed by atoms with Crippen LogP contribution in [-0.2, 0) is 7.05 Å². The number of aryl methyl sites for hydroxylation is 2. The number of nitrogens with zero attached hydrogens (tertiary/aromatic N) is 2. The molecule has 98 valence electrons. The third kappa shape index (κ3) is 3.10. The van der Waals surface area contributed by atoms with E-state index in [4.69, 9.17) is 4.74 Å². The number of hydrogen-bond donors (Lipinski definition) is 0. The zero-order chi connectivity index (χ0) is 13.8. The zero-order valence-electron chi connectivity index (χ0n) is 11.3. The average Bonchev–Trinajstić information content (AvgIpc) is 2.75. The molecule has 2 aromatic rings. The third-order valence-electron chi connectivity index (χ3n) is 2.82. The van der Waals surface area contributed by atoms with Crippen molar-refractivity contribution >= 4 is 11.9 Å². The summed E-state index contributed by atoms with van der Waals surface area (Å²) >= 11 is 0. The van der Waals surface area contributed by atoms with Gasteiger partial charge >= 0.3 is 0 Å². The van der Waals surface area contributed by atoms with Gasteiger partial charge in [0.25, 0.3) is 0 Å². The Morgan fingerprint density at radius 2 is 2.00 bits per heavy atom. The highest BCUT2D eigenvalue weighted by Gasteiger charge is 2.09. The van der Waals surface area contributed by atoms with Crippen molar-refractivity contribution in [2.24, 2.45) is 7.05 Å². The van der Waals surface area contributed by atoms with Crippen LogP contribution in [0, 0.1) is 6.92 Å². The molecule has 0 saturated heterocycles. The summed E-state index contributed by atoms with van der Waals surface area (Å²) in [5, 5.41) is 4.16. The number of benzene rings is 1. The van der Waals surface area contributed by atoms with Crippen molar-refractivity contribution in [2.75, 3.05) is 7.11 Å². The van der Waals surface area contributed by atoms with E-state index in [9.17, 15) is 4.79 Å². The highest BCUT2D eigenvalue weighted by atomic mass is 16.5. The normalized spacial score (nSPS) is 10.9. The predicted molar refractivity (Wildman–Crippen MR) is 74.3 cm³/mol. The highest BCUT2D eigenvalue weighted by molar-refractivity contribution is 6.07. The first kappa shape index (κ1) is 13.1. The Labute approximate surface area is 112 Å².